The molecule has 1 saturated carbocycles. The first-order chi connectivity index (χ1) is 9.01. The summed E-state index contributed by atoms with van der Waals surface area (Å²) in [5.74, 6) is 0. The molecule has 0 atom stereocenters. The lowest BCUT2D eigenvalue weighted by molar-refractivity contribution is 0.141. The number of pyridine rings is 1. The van der Waals surface area contributed by atoms with Crippen molar-refractivity contribution in [3.63, 3.8) is 0 Å². The van der Waals surface area contributed by atoms with Crippen LogP contribution in [0, 0.1) is 0 Å². The third-order valence-electron chi connectivity index (χ3n) is 4.31. The van der Waals surface area contributed by atoms with Crippen LogP contribution in [0.2, 0.25) is 0 Å². The Hall–Kier alpha value is -0.930. The van der Waals surface area contributed by atoms with Gasteiger partial charge in [-0.2, -0.15) is 0 Å². The number of nitrogens with one attached hydrogen (secondary N) is 1. The van der Waals surface area contributed by atoms with Crippen molar-refractivity contribution in [1.82, 2.24) is 15.2 Å². The standard InChI is InChI=1S/C16H27N3/c1-5-16(2,3)19(4)12-15-8-6-7-14(18-15)11-17-13-9-10-13/h6-8,13,17H,5,9-12H2,1-4H3. The largest absolute Gasteiger partial charge is 0.308 e. The first-order valence-electron chi connectivity index (χ1n) is 7.40. The molecule has 0 spiro atoms. The second-order valence-corrected chi connectivity index (χ2v) is 6.30. The molecule has 1 aromatic heterocycles. The second-order valence-electron chi connectivity index (χ2n) is 6.30. The van der Waals surface area contributed by atoms with Crippen LogP contribution in [-0.4, -0.2) is 28.5 Å². The van der Waals surface area contributed by atoms with Crippen LogP contribution < -0.4 is 5.32 Å². The number of rotatable bonds is 7. The van der Waals surface area contributed by atoms with Crippen LogP contribution in [-0.2, 0) is 13.1 Å². The van der Waals surface area contributed by atoms with E-state index >= 15 is 0 Å². The van der Waals surface area contributed by atoms with Gasteiger partial charge in [-0.1, -0.05) is 13.0 Å². The predicted octanol–water partition coefficient (Wildman–Crippen LogP) is 2.95. The van der Waals surface area contributed by atoms with Gasteiger partial charge in [-0.15, -0.1) is 0 Å². The van der Waals surface area contributed by atoms with Crippen molar-refractivity contribution in [2.75, 3.05) is 7.05 Å². The van der Waals surface area contributed by atoms with E-state index in [-0.39, 0.29) is 5.54 Å². The molecular weight excluding hydrogens is 234 g/mol. The minimum atomic E-state index is 0.226. The maximum absolute atomic E-state index is 4.76. The minimum Gasteiger partial charge on any atom is -0.308 e. The fourth-order valence-corrected chi connectivity index (χ4v) is 1.98. The highest BCUT2D eigenvalue weighted by molar-refractivity contribution is 5.12. The van der Waals surface area contributed by atoms with Gasteiger partial charge in [0.25, 0.3) is 0 Å². The second kappa shape index (κ2) is 6.02. The molecule has 2 rings (SSSR count). The van der Waals surface area contributed by atoms with Gasteiger partial charge in [0.15, 0.2) is 0 Å². The zero-order valence-electron chi connectivity index (χ0n) is 12.7. The zero-order chi connectivity index (χ0) is 13.9. The summed E-state index contributed by atoms with van der Waals surface area (Å²) in [6.45, 7) is 8.62. The quantitative estimate of drug-likeness (QED) is 0.818. The summed E-state index contributed by atoms with van der Waals surface area (Å²) < 4.78 is 0. The van der Waals surface area contributed by atoms with E-state index in [4.69, 9.17) is 4.98 Å². The topological polar surface area (TPSA) is 28.2 Å². The van der Waals surface area contributed by atoms with Gasteiger partial charge in [-0.3, -0.25) is 9.88 Å². The smallest absolute Gasteiger partial charge is 0.0547 e. The van der Waals surface area contributed by atoms with Crippen molar-refractivity contribution >= 4 is 0 Å². The first-order valence-corrected chi connectivity index (χ1v) is 7.40. The zero-order valence-corrected chi connectivity index (χ0v) is 12.7. The number of hydrogen-bond donors (Lipinski definition) is 1. The van der Waals surface area contributed by atoms with Crippen LogP contribution >= 0.6 is 0 Å². The van der Waals surface area contributed by atoms with Crippen molar-refractivity contribution in [2.45, 2.75) is 64.7 Å². The molecule has 1 aliphatic rings. The summed E-state index contributed by atoms with van der Waals surface area (Å²) in [4.78, 5) is 7.14. The maximum Gasteiger partial charge on any atom is 0.0547 e. The molecule has 0 unspecified atom stereocenters. The van der Waals surface area contributed by atoms with Crippen molar-refractivity contribution < 1.29 is 0 Å². The number of hydrogen-bond acceptors (Lipinski definition) is 3. The van der Waals surface area contributed by atoms with Crippen molar-refractivity contribution in [1.29, 1.82) is 0 Å². The molecule has 0 bridgehead atoms. The average Bonchev–Trinajstić information content (AvgIpc) is 3.21. The molecule has 3 heteroatoms. The Kier molecular flexibility index (Phi) is 4.58. The molecule has 1 heterocycles. The molecule has 19 heavy (non-hydrogen) atoms. The first kappa shape index (κ1) is 14.5. The van der Waals surface area contributed by atoms with Gasteiger partial charge in [0, 0.05) is 24.7 Å². The lowest BCUT2D eigenvalue weighted by Gasteiger charge is -2.34. The van der Waals surface area contributed by atoms with Crippen LogP contribution in [0.3, 0.4) is 0 Å². The fourth-order valence-electron chi connectivity index (χ4n) is 1.98. The van der Waals surface area contributed by atoms with E-state index in [1.807, 2.05) is 0 Å². The lowest BCUT2D eigenvalue weighted by atomic mass is 10.00. The van der Waals surface area contributed by atoms with Gasteiger partial charge in [-0.25, -0.2) is 0 Å². The Morgan fingerprint density at radius 1 is 1.32 bits per heavy atom. The van der Waals surface area contributed by atoms with Crippen molar-refractivity contribution in [3.05, 3.63) is 29.6 Å². The molecule has 0 radical (unpaired) electrons. The van der Waals surface area contributed by atoms with Crippen molar-refractivity contribution in [2.24, 2.45) is 0 Å². The molecular formula is C16H27N3. The Balaban J connectivity index is 1.93. The highest BCUT2D eigenvalue weighted by Gasteiger charge is 2.22. The Morgan fingerprint density at radius 2 is 2.00 bits per heavy atom. The predicted molar refractivity (Wildman–Crippen MR) is 79.9 cm³/mol. The third kappa shape index (κ3) is 4.29. The number of nitrogens with zero attached hydrogens (tertiary/aromatic N) is 2. The van der Waals surface area contributed by atoms with E-state index < -0.39 is 0 Å². The highest BCUT2D eigenvalue weighted by atomic mass is 15.2. The minimum absolute atomic E-state index is 0.226. The summed E-state index contributed by atoms with van der Waals surface area (Å²) in [5, 5.41) is 3.52. The molecule has 1 aromatic rings. The molecule has 3 nitrogen and oxygen atoms in total. The Morgan fingerprint density at radius 3 is 2.63 bits per heavy atom. The molecule has 1 aliphatic carbocycles. The lowest BCUT2D eigenvalue weighted by Crippen LogP contribution is -2.40. The third-order valence-corrected chi connectivity index (χ3v) is 4.31. The van der Waals surface area contributed by atoms with Crippen LogP contribution in [0.4, 0.5) is 0 Å². The van der Waals surface area contributed by atoms with Gasteiger partial charge in [0.2, 0.25) is 0 Å². The molecule has 1 N–H and O–H groups in total. The monoisotopic (exact) mass is 261 g/mol. The maximum atomic E-state index is 4.76. The van der Waals surface area contributed by atoms with E-state index in [9.17, 15) is 0 Å². The van der Waals surface area contributed by atoms with E-state index in [2.05, 4.69) is 56.2 Å². The van der Waals surface area contributed by atoms with Crippen LogP contribution in [0.1, 0.15) is 51.4 Å². The van der Waals surface area contributed by atoms with Gasteiger partial charge in [0.1, 0.15) is 0 Å². The summed E-state index contributed by atoms with van der Waals surface area (Å²) in [7, 11) is 2.18. The normalized spacial score (nSPS) is 16.1. The van der Waals surface area contributed by atoms with Crippen LogP contribution in [0.5, 0.6) is 0 Å². The highest BCUT2D eigenvalue weighted by Crippen LogP contribution is 2.20. The van der Waals surface area contributed by atoms with Crippen LogP contribution in [0.25, 0.3) is 0 Å². The molecule has 0 saturated heterocycles. The van der Waals surface area contributed by atoms with Gasteiger partial charge < -0.3 is 5.32 Å². The van der Waals surface area contributed by atoms with Gasteiger partial charge >= 0.3 is 0 Å². The van der Waals surface area contributed by atoms with Gasteiger partial charge in [-0.05, 0) is 52.3 Å². The van der Waals surface area contributed by atoms with Crippen molar-refractivity contribution in [3.8, 4) is 0 Å². The van der Waals surface area contributed by atoms with E-state index in [1.165, 1.54) is 18.5 Å². The molecule has 1 fully saturated rings. The van der Waals surface area contributed by atoms with Crippen LogP contribution in [0.15, 0.2) is 18.2 Å². The van der Waals surface area contributed by atoms with E-state index in [1.54, 1.807) is 0 Å². The summed E-state index contributed by atoms with van der Waals surface area (Å²) in [5.41, 5.74) is 2.55. The summed E-state index contributed by atoms with van der Waals surface area (Å²) in [6, 6.07) is 7.11. The van der Waals surface area contributed by atoms with E-state index in [0.717, 1.165) is 31.2 Å². The van der Waals surface area contributed by atoms with Gasteiger partial charge in [0.05, 0.1) is 11.4 Å². The Bertz CT molecular complexity index is 410. The average molecular weight is 261 g/mol. The Labute approximate surface area is 117 Å². The fraction of sp³-hybridized carbons (Fsp3) is 0.688. The summed E-state index contributed by atoms with van der Waals surface area (Å²) in [6.07, 6.45) is 3.80. The summed E-state index contributed by atoms with van der Waals surface area (Å²) >= 11 is 0. The molecule has 0 amide bonds. The SMILES string of the molecule is CCC(C)(C)N(C)Cc1cccc(CNC2CC2)n1. The molecule has 0 aliphatic heterocycles. The molecule has 0 aromatic carbocycles. The van der Waals surface area contributed by atoms with E-state index in [0.29, 0.717) is 0 Å². The molecule has 106 valence electrons. The number of aromatic nitrogens is 1.